The standard InChI is InChI=1S/C29H35N3O4/c30-28-14-12-23(18-32-28)26(33)19-31-16-15-20-7-9-21(10-8-20)22-11-13-25(29(34)35)27(17-22)36-24-5-3-1-2-4-6-24/h7-14,17-18,24,26,31,33H,1-6,15-16,19H2,(H2,30,32)(H,34,35)/t26-/m0/s1. The molecule has 0 bridgehead atoms. The minimum atomic E-state index is -0.967. The predicted molar refractivity (Wildman–Crippen MR) is 141 cm³/mol. The number of aliphatic hydroxyl groups excluding tert-OH is 1. The van der Waals surface area contributed by atoms with Crippen LogP contribution >= 0.6 is 0 Å². The van der Waals surface area contributed by atoms with Crippen LogP contribution in [0.4, 0.5) is 5.82 Å². The van der Waals surface area contributed by atoms with Gasteiger partial charge in [0, 0.05) is 18.3 Å². The molecule has 7 nitrogen and oxygen atoms in total. The molecule has 190 valence electrons. The first-order chi connectivity index (χ1) is 17.5. The fraction of sp³-hybridized carbons (Fsp3) is 0.379. The number of anilines is 1. The van der Waals surface area contributed by atoms with E-state index in [0.717, 1.165) is 55.3 Å². The van der Waals surface area contributed by atoms with Gasteiger partial charge in [0.05, 0.1) is 12.2 Å². The van der Waals surface area contributed by atoms with Gasteiger partial charge >= 0.3 is 5.97 Å². The number of aromatic carboxylic acids is 1. The summed E-state index contributed by atoms with van der Waals surface area (Å²) in [4.78, 5) is 15.8. The van der Waals surface area contributed by atoms with Gasteiger partial charge in [-0.25, -0.2) is 9.78 Å². The van der Waals surface area contributed by atoms with Gasteiger partial charge in [-0.15, -0.1) is 0 Å². The number of hydrogen-bond acceptors (Lipinski definition) is 6. The first kappa shape index (κ1) is 25.7. The summed E-state index contributed by atoms with van der Waals surface area (Å²) in [6.45, 7) is 1.16. The maximum absolute atomic E-state index is 11.8. The molecule has 5 N–H and O–H groups in total. The molecular weight excluding hydrogens is 454 g/mol. The second-order valence-electron chi connectivity index (χ2n) is 9.43. The van der Waals surface area contributed by atoms with Gasteiger partial charge in [-0.05, 0) is 73.5 Å². The molecule has 1 aliphatic rings. The third-order valence-corrected chi connectivity index (χ3v) is 6.72. The van der Waals surface area contributed by atoms with Crippen molar-refractivity contribution in [1.29, 1.82) is 0 Å². The highest BCUT2D eigenvalue weighted by molar-refractivity contribution is 5.92. The van der Waals surface area contributed by atoms with Gasteiger partial charge in [-0.3, -0.25) is 0 Å². The van der Waals surface area contributed by atoms with Crippen molar-refractivity contribution in [3.05, 3.63) is 77.5 Å². The van der Waals surface area contributed by atoms with Crippen molar-refractivity contribution in [2.75, 3.05) is 18.8 Å². The van der Waals surface area contributed by atoms with Crippen molar-refractivity contribution < 1.29 is 19.7 Å². The third-order valence-electron chi connectivity index (χ3n) is 6.72. The molecule has 1 heterocycles. The first-order valence-electron chi connectivity index (χ1n) is 12.7. The summed E-state index contributed by atoms with van der Waals surface area (Å²) in [5, 5.41) is 23.2. The lowest BCUT2D eigenvalue weighted by atomic mass is 10.0. The molecule has 1 aromatic heterocycles. The SMILES string of the molecule is Nc1ccc([C@@H](O)CNCCc2ccc(-c3ccc(C(=O)O)c(OC4CCCCCC4)c3)cc2)cn1. The number of carboxylic acids is 1. The Labute approximate surface area is 212 Å². The zero-order chi connectivity index (χ0) is 25.3. The van der Waals surface area contributed by atoms with E-state index in [1.54, 1.807) is 24.4 Å². The maximum Gasteiger partial charge on any atom is 0.339 e. The van der Waals surface area contributed by atoms with Crippen LogP contribution in [0.5, 0.6) is 5.75 Å². The van der Waals surface area contributed by atoms with Crippen LogP contribution in [0.15, 0.2) is 60.8 Å². The van der Waals surface area contributed by atoms with Gasteiger partial charge in [0.25, 0.3) is 0 Å². The third kappa shape index (κ3) is 7.06. The zero-order valence-electron chi connectivity index (χ0n) is 20.5. The van der Waals surface area contributed by atoms with Crippen molar-refractivity contribution in [2.45, 2.75) is 57.2 Å². The van der Waals surface area contributed by atoms with E-state index >= 15 is 0 Å². The van der Waals surface area contributed by atoms with E-state index in [4.69, 9.17) is 10.5 Å². The molecule has 0 amide bonds. The number of carbonyl (C=O) groups is 1. The van der Waals surface area contributed by atoms with Crippen LogP contribution in [0.25, 0.3) is 11.1 Å². The molecule has 1 aliphatic carbocycles. The Bertz CT molecular complexity index is 1120. The number of carboxylic acid groups (broad SMARTS) is 1. The molecule has 1 fully saturated rings. The number of rotatable bonds is 10. The van der Waals surface area contributed by atoms with Crippen molar-refractivity contribution in [1.82, 2.24) is 10.3 Å². The summed E-state index contributed by atoms with van der Waals surface area (Å²) < 4.78 is 6.22. The predicted octanol–water partition coefficient (Wildman–Crippen LogP) is 5.00. The fourth-order valence-electron chi connectivity index (χ4n) is 4.58. The maximum atomic E-state index is 11.8. The second kappa shape index (κ2) is 12.5. The monoisotopic (exact) mass is 489 g/mol. The molecule has 1 atom stereocenters. The summed E-state index contributed by atoms with van der Waals surface area (Å²) in [7, 11) is 0. The van der Waals surface area contributed by atoms with Crippen LogP contribution in [-0.4, -0.2) is 40.4 Å². The number of benzene rings is 2. The first-order valence-corrected chi connectivity index (χ1v) is 12.7. The van der Waals surface area contributed by atoms with E-state index in [-0.39, 0.29) is 11.7 Å². The number of nitrogens with one attached hydrogen (secondary N) is 1. The summed E-state index contributed by atoms with van der Waals surface area (Å²) >= 11 is 0. The number of nitrogen functional groups attached to an aromatic ring is 1. The lowest BCUT2D eigenvalue weighted by Gasteiger charge is -2.19. The topological polar surface area (TPSA) is 118 Å². The van der Waals surface area contributed by atoms with Gasteiger partial charge in [0.15, 0.2) is 0 Å². The van der Waals surface area contributed by atoms with Gasteiger partial charge < -0.3 is 26.0 Å². The second-order valence-corrected chi connectivity index (χ2v) is 9.43. The quantitative estimate of drug-likeness (QED) is 0.234. The van der Waals surface area contributed by atoms with Gasteiger partial charge in [-0.2, -0.15) is 0 Å². The molecule has 0 saturated heterocycles. The van der Waals surface area contributed by atoms with E-state index in [9.17, 15) is 15.0 Å². The number of nitrogens with two attached hydrogens (primary N) is 1. The fourth-order valence-corrected chi connectivity index (χ4v) is 4.58. The molecule has 0 aliphatic heterocycles. The number of hydrogen-bond donors (Lipinski definition) is 4. The van der Waals surface area contributed by atoms with Crippen LogP contribution in [0.2, 0.25) is 0 Å². The normalized spacial score (nSPS) is 15.2. The van der Waals surface area contributed by atoms with Crippen LogP contribution < -0.4 is 15.8 Å². The summed E-state index contributed by atoms with van der Waals surface area (Å²) in [5.41, 5.74) is 9.66. The zero-order valence-corrected chi connectivity index (χ0v) is 20.5. The Morgan fingerprint density at radius 2 is 1.75 bits per heavy atom. The molecule has 1 saturated carbocycles. The number of pyridine rings is 1. The van der Waals surface area contributed by atoms with Crippen molar-refractivity contribution in [2.24, 2.45) is 0 Å². The Hall–Kier alpha value is -3.42. The number of ether oxygens (including phenoxy) is 1. The molecule has 0 spiro atoms. The van der Waals surface area contributed by atoms with Gasteiger partial charge in [-0.1, -0.05) is 49.2 Å². The molecule has 0 radical (unpaired) electrons. The Morgan fingerprint density at radius 1 is 1.03 bits per heavy atom. The lowest BCUT2D eigenvalue weighted by Crippen LogP contribution is -2.23. The van der Waals surface area contributed by atoms with E-state index in [0.29, 0.717) is 18.1 Å². The van der Waals surface area contributed by atoms with Crippen LogP contribution in [0.3, 0.4) is 0 Å². The van der Waals surface area contributed by atoms with E-state index in [1.807, 2.05) is 12.1 Å². The molecule has 4 rings (SSSR count). The smallest absolute Gasteiger partial charge is 0.339 e. The minimum absolute atomic E-state index is 0.0746. The highest BCUT2D eigenvalue weighted by Gasteiger charge is 2.19. The molecular formula is C29H35N3O4. The largest absolute Gasteiger partial charge is 0.490 e. The summed E-state index contributed by atoms with van der Waals surface area (Å²) in [5.74, 6) is -0.0793. The highest BCUT2D eigenvalue weighted by atomic mass is 16.5. The number of aromatic nitrogens is 1. The summed E-state index contributed by atoms with van der Waals surface area (Å²) in [6.07, 6.45) is 8.48. The number of nitrogens with zero attached hydrogens (tertiary/aromatic N) is 1. The summed E-state index contributed by atoms with van der Waals surface area (Å²) in [6, 6.07) is 17.1. The van der Waals surface area contributed by atoms with E-state index in [1.165, 1.54) is 18.4 Å². The Kier molecular flexibility index (Phi) is 8.92. The van der Waals surface area contributed by atoms with E-state index < -0.39 is 12.1 Å². The van der Waals surface area contributed by atoms with Crippen molar-refractivity contribution in [3.63, 3.8) is 0 Å². The Balaban J connectivity index is 1.34. The van der Waals surface area contributed by atoms with Gasteiger partial charge in [0.2, 0.25) is 0 Å². The van der Waals surface area contributed by atoms with Crippen LogP contribution in [-0.2, 0) is 6.42 Å². The molecule has 36 heavy (non-hydrogen) atoms. The van der Waals surface area contributed by atoms with Crippen LogP contribution in [0.1, 0.15) is 66.1 Å². The Morgan fingerprint density at radius 3 is 2.42 bits per heavy atom. The highest BCUT2D eigenvalue weighted by Crippen LogP contribution is 2.31. The minimum Gasteiger partial charge on any atom is -0.490 e. The van der Waals surface area contributed by atoms with Crippen molar-refractivity contribution >= 4 is 11.8 Å². The molecule has 3 aromatic rings. The average Bonchev–Trinajstić information content (AvgIpc) is 3.16. The number of aliphatic hydroxyl groups is 1. The van der Waals surface area contributed by atoms with E-state index in [2.05, 4.69) is 34.6 Å². The lowest BCUT2D eigenvalue weighted by molar-refractivity contribution is 0.0688. The van der Waals surface area contributed by atoms with Crippen molar-refractivity contribution in [3.8, 4) is 16.9 Å². The molecule has 2 aromatic carbocycles. The molecule has 7 heteroatoms. The molecule has 0 unspecified atom stereocenters. The van der Waals surface area contributed by atoms with Gasteiger partial charge in [0.1, 0.15) is 17.1 Å². The average molecular weight is 490 g/mol. The van der Waals surface area contributed by atoms with Crippen LogP contribution in [0, 0.1) is 0 Å².